The van der Waals surface area contributed by atoms with Crippen LogP contribution in [0, 0.1) is 13.8 Å². The number of benzene rings is 2. The highest BCUT2D eigenvalue weighted by Crippen LogP contribution is 2.29. The summed E-state index contributed by atoms with van der Waals surface area (Å²) in [7, 11) is 3.03. The summed E-state index contributed by atoms with van der Waals surface area (Å²) in [6, 6.07) is 14.4. The monoisotopic (exact) mass is 409 g/mol. The minimum atomic E-state index is -0.602. The molecule has 1 aromatic heterocycles. The molecule has 1 N–H and O–H groups in total. The van der Waals surface area contributed by atoms with Gasteiger partial charge in [0.05, 0.1) is 31.3 Å². The fourth-order valence-corrected chi connectivity index (χ4v) is 3.07. The van der Waals surface area contributed by atoms with Crippen LogP contribution in [0.15, 0.2) is 48.5 Å². The molecule has 2 aromatic carbocycles. The average Bonchev–Trinajstić information content (AvgIpc) is 3.06. The van der Waals surface area contributed by atoms with Gasteiger partial charge in [0.25, 0.3) is 5.91 Å². The fourth-order valence-electron chi connectivity index (χ4n) is 3.07. The minimum absolute atomic E-state index is 0.345. The molecule has 1 amide bonds. The van der Waals surface area contributed by atoms with E-state index in [9.17, 15) is 9.59 Å². The zero-order valence-corrected chi connectivity index (χ0v) is 17.3. The van der Waals surface area contributed by atoms with Crippen LogP contribution >= 0.6 is 0 Å². The van der Waals surface area contributed by atoms with Gasteiger partial charge in [0, 0.05) is 11.8 Å². The van der Waals surface area contributed by atoms with Crippen molar-refractivity contribution >= 4 is 17.6 Å². The third-order valence-corrected chi connectivity index (χ3v) is 4.50. The van der Waals surface area contributed by atoms with Crippen molar-refractivity contribution < 1.29 is 23.8 Å². The zero-order valence-electron chi connectivity index (χ0n) is 17.3. The second-order valence-electron chi connectivity index (χ2n) is 6.49. The van der Waals surface area contributed by atoms with Crippen molar-refractivity contribution in [2.75, 3.05) is 26.1 Å². The van der Waals surface area contributed by atoms with E-state index in [1.165, 1.54) is 14.2 Å². The molecule has 30 heavy (non-hydrogen) atoms. The Morgan fingerprint density at radius 2 is 1.70 bits per heavy atom. The first-order chi connectivity index (χ1) is 14.4. The van der Waals surface area contributed by atoms with Gasteiger partial charge >= 0.3 is 5.97 Å². The van der Waals surface area contributed by atoms with Crippen LogP contribution in [0.25, 0.3) is 5.69 Å². The molecule has 0 aliphatic rings. The van der Waals surface area contributed by atoms with Crippen LogP contribution in [-0.4, -0.2) is 42.5 Å². The van der Waals surface area contributed by atoms with E-state index in [0.717, 1.165) is 5.69 Å². The molecule has 8 heteroatoms. The van der Waals surface area contributed by atoms with Gasteiger partial charge in [-0.1, -0.05) is 18.2 Å². The van der Waals surface area contributed by atoms with E-state index >= 15 is 0 Å². The molecule has 0 fully saturated rings. The number of aromatic nitrogens is 2. The number of anilines is 1. The Morgan fingerprint density at radius 3 is 2.37 bits per heavy atom. The molecule has 0 unspecified atom stereocenters. The van der Waals surface area contributed by atoms with E-state index in [2.05, 4.69) is 10.4 Å². The molecule has 0 saturated heterocycles. The number of nitrogens with one attached hydrogen (secondary N) is 1. The fraction of sp³-hybridized carbons (Fsp3) is 0.227. The van der Waals surface area contributed by atoms with Gasteiger partial charge in [-0.25, -0.2) is 9.48 Å². The van der Waals surface area contributed by atoms with Crippen molar-refractivity contribution in [3.63, 3.8) is 0 Å². The molecule has 0 atom stereocenters. The maximum Gasteiger partial charge on any atom is 0.342 e. The summed E-state index contributed by atoms with van der Waals surface area (Å²) in [5, 5.41) is 7.08. The minimum Gasteiger partial charge on any atom is -0.493 e. The van der Waals surface area contributed by atoms with Gasteiger partial charge in [-0.05, 0) is 38.1 Å². The first-order valence-corrected chi connectivity index (χ1v) is 9.25. The first kappa shape index (κ1) is 20.9. The smallest absolute Gasteiger partial charge is 0.342 e. The number of carbonyl (C=O) groups excluding carboxylic acids is 2. The SMILES string of the molecule is COc1ccc(NC(=O)COC(=O)c2c(C)nn(-c3ccccc3)c2C)cc1OC. The van der Waals surface area contributed by atoms with E-state index < -0.39 is 18.5 Å². The van der Waals surface area contributed by atoms with Crippen molar-refractivity contribution in [3.05, 3.63) is 65.5 Å². The largest absolute Gasteiger partial charge is 0.493 e. The number of amides is 1. The molecule has 1 heterocycles. The highest BCUT2D eigenvalue weighted by Gasteiger charge is 2.21. The molecule has 156 valence electrons. The summed E-state index contributed by atoms with van der Waals surface area (Å²) in [4.78, 5) is 24.8. The summed E-state index contributed by atoms with van der Waals surface area (Å²) in [6.45, 7) is 3.09. The molecule has 0 saturated carbocycles. The van der Waals surface area contributed by atoms with E-state index in [0.29, 0.717) is 34.1 Å². The second-order valence-corrected chi connectivity index (χ2v) is 6.49. The lowest BCUT2D eigenvalue weighted by Crippen LogP contribution is -2.21. The molecule has 8 nitrogen and oxygen atoms in total. The maximum atomic E-state index is 12.6. The topological polar surface area (TPSA) is 91.7 Å². The number of ether oxygens (including phenoxy) is 3. The Kier molecular flexibility index (Phi) is 6.36. The highest BCUT2D eigenvalue weighted by atomic mass is 16.5. The Bertz CT molecular complexity index is 1060. The van der Waals surface area contributed by atoms with Gasteiger partial charge in [-0.2, -0.15) is 5.10 Å². The number of esters is 1. The van der Waals surface area contributed by atoms with Crippen LogP contribution in [0.1, 0.15) is 21.7 Å². The maximum absolute atomic E-state index is 12.6. The summed E-state index contributed by atoms with van der Waals surface area (Å²) in [5.74, 6) is -0.0499. The molecule has 3 aromatic rings. The summed E-state index contributed by atoms with van der Waals surface area (Å²) in [6.07, 6.45) is 0. The number of para-hydroxylation sites is 1. The number of hydrogen-bond acceptors (Lipinski definition) is 6. The van der Waals surface area contributed by atoms with Crippen molar-refractivity contribution in [2.24, 2.45) is 0 Å². The van der Waals surface area contributed by atoms with E-state index in [4.69, 9.17) is 14.2 Å². The summed E-state index contributed by atoms with van der Waals surface area (Å²) >= 11 is 0. The molecule has 0 aliphatic carbocycles. The molecule has 0 bridgehead atoms. The third-order valence-electron chi connectivity index (χ3n) is 4.50. The van der Waals surface area contributed by atoms with Gasteiger partial charge in [-0.15, -0.1) is 0 Å². The van der Waals surface area contributed by atoms with Crippen LogP contribution < -0.4 is 14.8 Å². The highest BCUT2D eigenvalue weighted by molar-refractivity contribution is 5.96. The first-order valence-electron chi connectivity index (χ1n) is 9.25. The summed E-state index contributed by atoms with van der Waals surface area (Å²) < 4.78 is 17.3. The number of methoxy groups -OCH3 is 2. The molecule has 3 rings (SSSR count). The Morgan fingerprint density at radius 1 is 1.00 bits per heavy atom. The van der Waals surface area contributed by atoms with E-state index in [-0.39, 0.29) is 0 Å². The predicted octanol–water partition coefficient (Wildman–Crippen LogP) is 3.30. The predicted molar refractivity (Wildman–Crippen MR) is 111 cm³/mol. The van der Waals surface area contributed by atoms with Crippen LogP contribution in [0.5, 0.6) is 11.5 Å². The van der Waals surface area contributed by atoms with Crippen molar-refractivity contribution in [1.29, 1.82) is 0 Å². The Hall–Kier alpha value is -3.81. The lowest BCUT2D eigenvalue weighted by Gasteiger charge is -2.11. The standard InChI is InChI=1S/C22H23N3O5/c1-14-21(15(2)25(24-14)17-8-6-5-7-9-17)22(27)30-13-20(26)23-16-10-11-18(28-3)19(12-16)29-4/h5-12H,13H2,1-4H3,(H,23,26). The molecule has 0 radical (unpaired) electrons. The van der Waals surface area contributed by atoms with Gasteiger partial charge in [0.15, 0.2) is 18.1 Å². The van der Waals surface area contributed by atoms with E-state index in [1.54, 1.807) is 36.7 Å². The average molecular weight is 409 g/mol. The number of rotatable bonds is 7. The van der Waals surface area contributed by atoms with Crippen LogP contribution in [0.3, 0.4) is 0 Å². The Balaban J connectivity index is 1.66. The summed E-state index contributed by atoms with van der Waals surface area (Å²) in [5.41, 5.74) is 2.85. The molecular formula is C22H23N3O5. The lowest BCUT2D eigenvalue weighted by atomic mass is 10.2. The van der Waals surface area contributed by atoms with Crippen LogP contribution in [0.4, 0.5) is 5.69 Å². The van der Waals surface area contributed by atoms with Gasteiger partial charge in [-0.3, -0.25) is 4.79 Å². The number of nitrogens with zero attached hydrogens (tertiary/aromatic N) is 2. The second kappa shape index (κ2) is 9.13. The quantitative estimate of drug-likeness (QED) is 0.602. The molecular weight excluding hydrogens is 386 g/mol. The van der Waals surface area contributed by atoms with Gasteiger partial charge in [0.2, 0.25) is 0 Å². The number of hydrogen-bond donors (Lipinski definition) is 1. The van der Waals surface area contributed by atoms with Gasteiger partial charge < -0.3 is 19.5 Å². The lowest BCUT2D eigenvalue weighted by molar-refractivity contribution is -0.119. The van der Waals surface area contributed by atoms with Gasteiger partial charge in [0.1, 0.15) is 5.56 Å². The van der Waals surface area contributed by atoms with Crippen molar-refractivity contribution in [2.45, 2.75) is 13.8 Å². The van der Waals surface area contributed by atoms with E-state index in [1.807, 2.05) is 30.3 Å². The third kappa shape index (κ3) is 4.43. The van der Waals surface area contributed by atoms with Crippen LogP contribution in [0.2, 0.25) is 0 Å². The Labute approximate surface area is 174 Å². The van der Waals surface area contributed by atoms with Crippen molar-refractivity contribution in [1.82, 2.24) is 9.78 Å². The zero-order chi connectivity index (χ0) is 21.7. The molecule has 0 spiro atoms. The molecule has 0 aliphatic heterocycles. The number of carbonyl (C=O) groups is 2. The normalized spacial score (nSPS) is 10.4. The number of aryl methyl sites for hydroxylation is 1. The van der Waals surface area contributed by atoms with Crippen molar-refractivity contribution in [3.8, 4) is 17.2 Å². The van der Waals surface area contributed by atoms with Crippen LogP contribution in [-0.2, 0) is 9.53 Å².